The molecular weight excluding hydrogens is 212 g/mol. The summed E-state index contributed by atoms with van der Waals surface area (Å²) in [4.78, 5) is 0. The molecule has 0 radical (unpaired) electrons. The van der Waals surface area contributed by atoms with Gasteiger partial charge in [-0.25, -0.2) is 0 Å². The molecule has 1 heterocycles. The topological polar surface area (TPSA) is 38.0 Å². The van der Waals surface area contributed by atoms with Crippen LogP contribution in [0.3, 0.4) is 0 Å². The Hall–Kier alpha value is -1.61. The van der Waals surface area contributed by atoms with Crippen LogP contribution in [0.1, 0.15) is 18.1 Å². The number of hydrogen-bond acceptors (Lipinski definition) is 2. The lowest BCUT2D eigenvalue weighted by atomic mass is 9.91. The minimum atomic E-state index is -0.732. The molecule has 0 bridgehead atoms. The summed E-state index contributed by atoms with van der Waals surface area (Å²) >= 11 is 0. The van der Waals surface area contributed by atoms with Crippen molar-refractivity contribution in [3.05, 3.63) is 53.9 Å². The van der Waals surface area contributed by atoms with Gasteiger partial charge < -0.3 is 5.11 Å². The summed E-state index contributed by atoms with van der Waals surface area (Å²) in [6.45, 7) is 1.87. The van der Waals surface area contributed by atoms with Gasteiger partial charge in [-0.15, -0.1) is 0 Å². The van der Waals surface area contributed by atoms with E-state index in [0.717, 1.165) is 11.1 Å². The van der Waals surface area contributed by atoms with Gasteiger partial charge in [-0.1, -0.05) is 30.3 Å². The normalized spacial score (nSPS) is 14.5. The maximum Gasteiger partial charge on any atom is 0.0701 e. The van der Waals surface area contributed by atoms with Gasteiger partial charge in [-0.05, 0) is 18.1 Å². The minimum Gasteiger partial charge on any atom is -0.389 e. The van der Waals surface area contributed by atoms with Crippen LogP contribution in [0.2, 0.25) is 0 Å². The Labute approximate surface area is 102 Å². The van der Waals surface area contributed by atoms with Crippen LogP contribution in [0, 0.1) is 0 Å². The van der Waals surface area contributed by atoms with Crippen LogP contribution in [-0.4, -0.2) is 20.5 Å². The summed E-state index contributed by atoms with van der Waals surface area (Å²) in [5.74, 6) is 0. The first-order valence-electron chi connectivity index (χ1n) is 5.79. The van der Waals surface area contributed by atoms with Gasteiger partial charge in [-0.3, -0.25) is 4.68 Å². The van der Waals surface area contributed by atoms with E-state index in [1.807, 2.05) is 50.5 Å². The zero-order valence-electron chi connectivity index (χ0n) is 10.3. The summed E-state index contributed by atoms with van der Waals surface area (Å²) in [7, 11) is 1.88. The molecule has 0 saturated heterocycles. The van der Waals surface area contributed by atoms with Gasteiger partial charge in [0.05, 0.1) is 11.8 Å². The molecule has 1 N–H and O–H groups in total. The molecule has 17 heavy (non-hydrogen) atoms. The Balaban J connectivity index is 2.04. The van der Waals surface area contributed by atoms with Gasteiger partial charge in [0, 0.05) is 26.1 Å². The zero-order valence-corrected chi connectivity index (χ0v) is 10.3. The van der Waals surface area contributed by atoms with Crippen molar-refractivity contribution < 1.29 is 5.11 Å². The number of rotatable bonds is 4. The number of benzene rings is 1. The van der Waals surface area contributed by atoms with E-state index in [4.69, 9.17) is 0 Å². The second-order valence-corrected chi connectivity index (χ2v) is 4.86. The summed E-state index contributed by atoms with van der Waals surface area (Å²) < 4.78 is 1.76. The highest BCUT2D eigenvalue weighted by Gasteiger charge is 2.22. The van der Waals surface area contributed by atoms with Crippen LogP contribution in [0.15, 0.2) is 42.7 Å². The molecule has 1 atom stereocenters. The first kappa shape index (κ1) is 11.9. The summed E-state index contributed by atoms with van der Waals surface area (Å²) in [5.41, 5.74) is 1.49. The standard InChI is InChI=1S/C14H18N2O/c1-14(17,8-12-6-4-3-5-7-12)9-13-10-15-16(2)11-13/h3-7,10-11,17H,8-9H2,1-2H3. The fourth-order valence-corrected chi connectivity index (χ4v) is 2.10. The van der Waals surface area contributed by atoms with E-state index < -0.39 is 5.60 Å². The van der Waals surface area contributed by atoms with E-state index in [0.29, 0.717) is 12.8 Å². The maximum absolute atomic E-state index is 10.4. The van der Waals surface area contributed by atoms with Crippen molar-refractivity contribution in [3.8, 4) is 0 Å². The molecule has 0 aliphatic carbocycles. The molecule has 3 nitrogen and oxygen atoms in total. The maximum atomic E-state index is 10.4. The van der Waals surface area contributed by atoms with Gasteiger partial charge in [0.1, 0.15) is 0 Å². The Morgan fingerprint density at radius 2 is 1.82 bits per heavy atom. The molecule has 90 valence electrons. The van der Waals surface area contributed by atoms with Crippen LogP contribution in [0.4, 0.5) is 0 Å². The van der Waals surface area contributed by atoms with Crippen molar-refractivity contribution in [1.29, 1.82) is 0 Å². The van der Waals surface area contributed by atoms with Crippen molar-refractivity contribution >= 4 is 0 Å². The average Bonchev–Trinajstić information content (AvgIpc) is 2.63. The van der Waals surface area contributed by atoms with E-state index in [1.165, 1.54) is 0 Å². The highest BCUT2D eigenvalue weighted by Crippen LogP contribution is 2.18. The summed E-state index contributed by atoms with van der Waals surface area (Å²) in [6, 6.07) is 10.1. The Bertz CT molecular complexity index is 474. The highest BCUT2D eigenvalue weighted by molar-refractivity contribution is 5.18. The van der Waals surface area contributed by atoms with Crippen LogP contribution < -0.4 is 0 Å². The number of nitrogens with zero attached hydrogens (tertiary/aromatic N) is 2. The molecule has 0 amide bonds. The summed E-state index contributed by atoms with van der Waals surface area (Å²) in [5, 5.41) is 14.5. The first-order chi connectivity index (χ1) is 8.05. The van der Waals surface area contributed by atoms with Gasteiger partial charge >= 0.3 is 0 Å². The first-order valence-corrected chi connectivity index (χ1v) is 5.79. The van der Waals surface area contributed by atoms with Crippen molar-refractivity contribution in [2.75, 3.05) is 0 Å². The molecule has 0 fully saturated rings. The fourth-order valence-electron chi connectivity index (χ4n) is 2.10. The second-order valence-electron chi connectivity index (χ2n) is 4.86. The molecule has 1 aromatic heterocycles. The molecule has 0 aliphatic rings. The van der Waals surface area contributed by atoms with Crippen molar-refractivity contribution in [2.24, 2.45) is 7.05 Å². The third-order valence-electron chi connectivity index (χ3n) is 2.77. The molecule has 3 heteroatoms. The lowest BCUT2D eigenvalue weighted by Crippen LogP contribution is -2.29. The molecular formula is C14H18N2O. The number of hydrogen-bond donors (Lipinski definition) is 1. The van der Waals surface area contributed by atoms with Gasteiger partial charge in [-0.2, -0.15) is 5.10 Å². The number of aliphatic hydroxyl groups is 1. The molecule has 2 rings (SSSR count). The quantitative estimate of drug-likeness (QED) is 0.872. The molecule has 1 unspecified atom stereocenters. The monoisotopic (exact) mass is 230 g/mol. The van der Waals surface area contributed by atoms with E-state index in [1.54, 1.807) is 10.9 Å². The SMILES string of the molecule is Cn1cc(CC(C)(O)Cc2ccccc2)cn1. The van der Waals surface area contributed by atoms with Crippen LogP contribution >= 0.6 is 0 Å². The van der Waals surface area contributed by atoms with Crippen molar-refractivity contribution in [3.63, 3.8) is 0 Å². The number of aryl methyl sites for hydroxylation is 1. The molecule has 0 saturated carbocycles. The van der Waals surface area contributed by atoms with Gasteiger partial charge in [0.15, 0.2) is 0 Å². The molecule has 0 aliphatic heterocycles. The Kier molecular flexibility index (Phi) is 3.29. The van der Waals surface area contributed by atoms with Crippen molar-refractivity contribution in [2.45, 2.75) is 25.4 Å². The van der Waals surface area contributed by atoms with Crippen LogP contribution in [-0.2, 0) is 19.9 Å². The smallest absolute Gasteiger partial charge is 0.0701 e. The van der Waals surface area contributed by atoms with E-state index >= 15 is 0 Å². The average molecular weight is 230 g/mol. The molecule has 2 aromatic rings. The van der Waals surface area contributed by atoms with E-state index in [2.05, 4.69) is 5.10 Å². The van der Waals surface area contributed by atoms with Crippen LogP contribution in [0.25, 0.3) is 0 Å². The lowest BCUT2D eigenvalue weighted by molar-refractivity contribution is 0.0608. The highest BCUT2D eigenvalue weighted by atomic mass is 16.3. The second kappa shape index (κ2) is 4.72. The lowest BCUT2D eigenvalue weighted by Gasteiger charge is -2.22. The molecule has 1 aromatic carbocycles. The summed E-state index contributed by atoms with van der Waals surface area (Å²) in [6.07, 6.45) is 5.03. The van der Waals surface area contributed by atoms with Crippen LogP contribution in [0.5, 0.6) is 0 Å². The largest absolute Gasteiger partial charge is 0.389 e. The predicted molar refractivity (Wildman–Crippen MR) is 67.7 cm³/mol. The molecule has 0 spiro atoms. The minimum absolute atomic E-state index is 0.621. The third-order valence-corrected chi connectivity index (χ3v) is 2.77. The van der Waals surface area contributed by atoms with E-state index in [9.17, 15) is 5.11 Å². The zero-order chi connectivity index (χ0) is 12.3. The van der Waals surface area contributed by atoms with Gasteiger partial charge in [0.25, 0.3) is 0 Å². The Morgan fingerprint density at radius 1 is 1.18 bits per heavy atom. The van der Waals surface area contributed by atoms with Crippen molar-refractivity contribution in [1.82, 2.24) is 9.78 Å². The third kappa shape index (κ3) is 3.43. The Morgan fingerprint density at radius 3 is 2.41 bits per heavy atom. The predicted octanol–water partition coefficient (Wildman–Crippen LogP) is 1.96. The van der Waals surface area contributed by atoms with Gasteiger partial charge in [0.2, 0.25) is 0 Å². The van der Waals surface area contributed by atoms with E-state index in [-0.39, 0.29) is 0 Å². The fraction of sp³-hybridized carbons (Fsp3) is 0.357. The number of aromatic nitrogens is 2.